The molecule has 5 nitrogen and oxygen atoms in total. The number of methoxy groups -OCH3 is 1. The number of carbonyl (C=O) groups is 1. The number of nitrogens with two attached hydrogens (primary N) is 1. The van der Waals surface area contributed by atoms with Crippen LogP contribution in [0.15, 0.2) is 12.1 Å². The molecule has 0 radical (unpaired) electrons. The molecule has 1 aromatic rings. The highest BCUT2D eigenvalue weighted by atomic mass is 16.5. The molecule has 1 aromatic heterocycles. The fourth-order valence-corrected chi connectivity index (χ4v) is 1.50. The normalized spacial score (nSPS) is 12.2. The number of nitrogen functional groups attached to an aromatic ring is 1. The number of nitrogens with zero attached hydrogens (tertiary/aromatic N) is 1. The Hall–Kier alpha value is -1.62. The van der Waals surface area contributed by atoms with Gasteiger partial charge in [-0.3, -0.25) is 4.79 Å². The Labute approximate surface area is 101 Å². The smallest absolute Gasteiger partial charge is 0.251 e. The average molecular weight is 237 g/mol. The number of aromatic nitrogens is 1. The lowest BCUT2D eigenvalue weighted by atomic mass is 10.2. The molecular weight excluding hydrogens is 218 g/mol. The molecular formula is C12H19N3O2. The summed E-state index contributed by atoms with van der Waals surface area (Å²) in [4.78, 5) is 15.9. The van der Waals surface area contributed by atoms with Crippen LogP contribution >= 0.6 is 0 Å². The largest absolute Gasteiger partial charge is 0.385 e. The van der Waals surface area contributed by atoms with Gasteiger partial charge >= 0.3 is 0 Å². The quantitative estimate of drug-likeness (QED) is 0.804. The molecule has 0 aliphatic rings. The highest BCUT2D eigenvalue weighted by Crippen LogP contribution is 2.07. The third kappa shape index (κ3) is 4.40. The maximum Gasteiger partial charge on any atom is 0.251 e. The van der Waals surface area contributed by atoms with Gasteiger partial charge in [-0.1, -0.05) is 0 Å². The van der Waals surface area contributed by atoms with Gasteiger partial charge in [0.1, 0.15) is 5.82 Å². The second-order valence-corrected chi connectivity index (χ2v) is 4.08. The lowest BCUT2D eigenvalue weighted by molar-refractivity contribution is 0.0929. The molecule has 94 valence electrons. The summed E-state index contributed by atoms with van der Waals surface area (Å²) in [6.45, 7) is 4.37. The lowest BCUT2D eigenvalue weighted by Gasteiger charge is -2.13. The summed E-state index contributed by atoms with van der Waals surface area (Å²) >= 11 is 0. The van der Waals surface area contributed by atoms with E-state index >= 15 is 0 Å². The van der Waals surface area contributed by atoms with Gasteiger partial charge in [-0.25, -0.2) is 4.98 Å². The van der Waals surface area contributed by atoms with E-state index in [1.165, 1.54) is 0 Å². The van der Waals surface area contributed by atoms with Gasteiger partial charge in [0.05, 0.1) is 0 Å². The molecule has 1 amide bonds. The van der Waals surface area contributed by atoms with Crippen LogP contribution in [-0.4, -0.2) is 30.6 Å². The van der Waals surface area contributed by atoms with Crippen molar-refractivity contribution in [3.05, 3.63) is 23.4 Å². The van der Waals surface area contributed by atoms with E-state index < -0.39 is 0 Å². The molecule has 0 aliphatic heterocycles. The van der Waals surface area contributed by atoms with E-state index in [9.17, 15) is 4.79 Å². The van der Waals surface area contributed by atoms with Crippen molar-refractivity contribution < 1.29 is 9.53 Å². The van der Waals surface area contributed by atoms with Crippen molar-refractivity contribution in [3.63, 3.8) is 0 Å². The molecule has 0 fully saturated rings. The molecule has 0 saturated heterocycles. The summed E-state index contributed by atoms with van der Waals surface area (Å²) in [5.74, 6) is 0.227. The fourth-order valence-electron chi connectivity index (χ4n) is 1.50. The predicted octanol–water partition coefficient (Wildman–Crippen LogP) is 1.13. The zero-order valence-corrected chi connectivity index (χ0v) is 10.5. The summed E-state index contributed by atoms with van der Waals surface area (Å²) < 4.78 is 4.96. The van der Waals surface area contributed by atoms with E-state index in [1.54, 1.807) is 19.2 Å². The van der Waals surface area contributed by atoms with Crippen LogP contribution in [0.25, 0.3) is 0 Å². The third-order valence-electron chi connectivity index (χ3n) is 2.37. The van der Waals surface area contributed by atoms with Gasteiger partial charge < -0.3 is 15.8 Å². The molecule has 0 spiro atoms. The standard InChI is InChI=1S/C12H19N3O2/c1-8(4-5-17-3)15-12(16)10-6-9(2)14-11(13)7-10/h6-8H,4-5H2,1-3H3,(H2,13,14)(H,15,16). The van der Waals surface area contributed by atoms with Gasteiger partial charge in [-0.15, -0.1) is 0 Å². The zero-order chi connectivity index (χ0) is 12.8. The van der Waals surface area contributed by atoms with E-state index in [1.807, 2.05) is 13.8 Å². The average Bonchev–Trinajstić information content (AvgIpc) is 2.25. The fraction of sp³-hybridized carbons (Fsp3) is 0.500. The third-order valence-corrected chi connectivity index (χ3v) is 2.37. The molecule has 1 unspecified atom stereocenters. The molecule has 0 aliphatic carbocycles. The van der Waals surface area contributed by atoms with Gasteiger partial charge in [0.15, 0.2) is 0 Å². The number of ether oxygens (including phenoxy) is 1. The van der Waals surface area contributed by atoms with Crippen LogP contribution in [0.5, 0.6) is 0 Å². The van der Waals surface area contributed by atoms with Gasteiger partial charge in [-0.2, -0.15) is 0 Å². The molecule has 5 heteroatoms. The Morgan fingerprint density at radius 3 is 2.88 bits per heavy atom. The minimum atomic E-state index is -0.134. The predicted molar refractivity (Wildman–Crippen MR) is 66.8 cm³/mol. The lowest BCUT2D eigenvalue weighted by Crippen LogP contribution is -2.33. The maximum atomic E-state index is 11.9. The van der Waals surface area contributed by atoms with Crippen LogP contribution in [0.4, 0.5) is 5.82 Å². The Balaban J connectivity index is 2.63. The van der Waals surface area contributed by atoms with Crippen molar-refractivity contribution in [3.8, 4) is 0 Å². The number of aryl methyl sites for hydroxylation is 1. The van der Waals surface area contributed by atoms with Crippen LogP contribution in [0, 0.1) is 6.92 Å². The van der Waals surface area contributed by atoms with Crippen molar-refractivity contribution in [2.75, 3.05) is 19.5 Å². The number of hydrogen-bond acceptors (Lipinski definition) is 4. The first kappa shape index (κ1) is 13.4. The monoisotopic (exact) mass is 237 g/mol. The van der Waals surface area contributed by atoms with Crippen molar-refractivity contribution >= 4 is 11.7 Å². The molecule has 1 heterocycles. The number of rotatable bonds is 5. The van der Waals surface area contributed by atoms with E-state index in [4.69, 9.17) is 10.5 Å². The number of pyridine rings is 1. The number of anilines is 1. The van der Waals surface area contributed by atoms with Crippen molar-refractivity contribution in [1.29, 1.82) is 0 Å². The van der Waals surface area contributed by atoms with E-state index in [2.05, 4.69) is 10.3 Å². The molecule has 17 heavy (non-hydrogen) atoms. The summed E-state index contributed by atoms with van der Waals surface area (Å²) in [5.41, 5.74) is 6.87. The second-order valence-electron chi connectivity index (χ2n) is 4.08. The first-order valence-corrected chi connectivity index (χ1v) is 5.57. The Morgan fingerprint density at radius 1 is 1.59 bits per heavy atom. The molecule has 0 aromatic carbocycles. The molecule has 1 rings (SSSR count). The van der Waals surface area contributed by atoms with Crippen LogP contribution in [0.2, 0.25) is 0 Å². The molecule has 3 N–H and O–H groups in total. The summed E-state index contributed by atoms with van der Waals surface area (Å²) in [7, 11) is 1.64. The first-order valence-electron chi connectivity index (χ1n) is 5.57. The van der Waals surface area contributed by atoms with Gasteiger partial charge in [0.2, 0.25) is 0 Å². The number of carbonyl (C=O) groups excluding carboxylic acids is 1. The molecule has 1 atom stereocenters. The molecule has 0 bridgehead atoms. The number of amides is 1. The van der Waals surface area contributed by atoms with Gasteiger partial charge in [-0.05, 0) is 32.4 Å². The van der Waals surface area contributed by atoms with Crippen molar-refractivity contribution in [2.45, 2.75) is 26.3 Å². The number of hydrogen-bond donors (Lipinski definition) is 2. The Morgan fingerprint density at radius 2 is 2.29 bits per heavy atom. The van der Waals surface area contributed by atoms with E-state index in [0.717, 1.165) is 12.1 Å². The first-order chi connectivity index (χ1) is 8.02. The van der Waals surface area contributed by atoms with Crippen molar-refractivity contribution in [1.82, 2.24) is 10.3 Å². The summed E-state index contributed by atoms with van der Waals surface area (Å²) in [6.07, 6.45) is 0.780. The van der Waals surface area contributed by atoms with Crippen LogP contribution in [0.1, 0.15) is 29.4 Å². The Bertz CT molecular complexity index is 373. The zero-order valence-electron chi connectivity index (χ0n) is 10.5. The van der Waals surface area contributed by atoms with Gasteiger partial charge in [0, 0.05) is 31.0 Å². The maximum absolute atomic E-state index is 11.9. The highest BCUT2D eigenvalue weighted by Gasteiger charge is 2.10. The molecule has 0 saturated carbocycles. The van der Waals surface area contributed by atoms with Gasteiger partial charge in [0.25, 0.3) is 5.91 Å². The van der Waals surface area contributed by atoms with E-state index in [0.29, 0.717) is 18.0 Å². The van der Waals surface area contributed by atoms with Crippen LogP contribution in [0.3, 0.4) is 0 Å². The SMILES string of the molecule is COCCC(C)NC(=O)c1cc(C)nc(N)c1. The van der Waals surface area contributed by atoms with Crippen molar-refractivity contribution in [2.24, 2.45) is 0 Å². The minimum absolute atomic E-state index is 0.0668. The minimum Gasteiger partial charge on any atom is -0.385 e. The Kier molecular flexibility index (Phi) is 4.90. The summed E-state index contributed by atoms with van der Waals surface area (Å²) in [5, 5.41) is 2.88. The highest BCUT2D eigenvalue weighted by molar-refractivity contribution is 5.95. The van der Waals surface area contributed by atoms with Crippen LogP contribution in [-0.2, 0) is 4.74 Å². The van der Waals surface area contributed by atoms with E-state index in [-0.39, 0.29) is 11.9 Å². The summed E-state index contributed by atoms with van der Waals surface area (Å²) in [6, 6.07) is 3.36. The van der Waals surface area contributed by atoms with Crippen LogP contribution < -0.4 is 11.1 Å². The second kappa shape index (κ2) is 6.20. The number of nitrogens with one attached hydrogen (secondary N) is 1. The topological polar surface area (TPSA) is 77.2 Å².